The van der Waals surface area contributed by atoms with E-state index in [1.54, 1.807) is 0 Å². The summed E-state index contributed by atoms with van der Waals surface area (Å²) in [5.41, 5.74) is -0.546. The van der Waals surface area contributed by atoms with Crippen LogP contribution in [-0.2, 0) is 4.79 Å². The van der Waals surface area contributed by atoms with Crippen molar-refractivity contribution in [2.24, 2.45) is 17.3 Å². The quantitative estimate of drug-likeness (QED) is 0.0927. The van der Waals surface area contributed by atoms with Crippen molar-refractivity contribution in [1.82, 2.24) is 0 Å². The summed E-state index contributed by atoms with van der Waals surface area (Å²) in [6.07, 6.45) is 35.7. The topological polar surface area (TPSA) is 37.3 Å². The maximum atomic E-state index is 12.6. The van der Waals surface area contributed by atoms with E-state index in [-0.39, 0.29) is 11.8 Å². The lowest BCUT2D eigenvalue weighted by Gasteiger charge is -2.39. The van der Waals surface area contributed by atoms with E-state index in [9.17, 15) is 9.90 Å². The number of rotatable bonds is 30. The summed E-state index contributed by atoms with van der Waals surface area (Å²) in [5, 5.41) is 10.3. The highest BCUT2D eigenvalue weighted by molar-refractivity contribution is 5.75. The normalized spacial score (nSPS) is 14.2. The molecule has 0 aromatic heterocycles. The van der Waals surface area contributed by atoms with Crippen LogP contribution in [0.2, 0.25) is 0 Å². The highest BCUT2D eigenvalue weighted by Gasteiger charge is 2.45. The Hall–Kier alpha value is -0.530. The molecule has 0 aliphatic rings. The van der Waals surface area contributed by atoms with Crippen LogP contribution in [0.3, 0.4) is 0 Å². The number of hydrogen-bond donors (Lipinski definition) is 1. The second kappa shape index (κ2) is 26.7. The third kappa shape index (κ3) is 18.7. The molecule has 0 spiro atoms. The Morgan fingerprint density at radius 2 is 0.789 bits per heavy atom. The Balaban J connectivity index is 4.03. The second-order valence-electron chi connectivity index (χ2n) is 13.1. The maximum absolute atomic E-state index is 12.6. The van der Waals surface area contributed by atoms with Crippen LogP contribution in [0.1, 0.15) is 208 Å². The minimum atomic E-state index is -0.546. The first-order valence-corrected chi connectivity index (χ1v) is 17.7. The summed E-state index contributed by atoms with van der Waals surface area (Å²) >= 11 is 0. The molecule has 2 atom stereocenters. The Bertz CT molecular complexity index is 500. The number of carbonyl (C=O) groups is 1. The summed E-state index contributed by atoms with van der Waals surface area (Å²) in [7, 11) is 0. The fourth-order valence-electron chi connectivity index (χ4n) is 6.65. The largest absolute Gasteiger partial charge is 0.481 e. The molecule has 228 valence electrons. The van der Waals surface area contributed by atoms with Gasteiger partial charge in [0.15, 0.2) is 0 Å². The van der Waals surface area contributed by atoms with Crippen molar-refractivity contribution in [1.29, 1.82) is 0 Å². The van der Waals surface area contributed by atoms with Gasteiger partial charge in [0, 0.05) is 0 Å². The van der Waals surface area contributed by atoms with E-state index in [0.717, 1.165) is 19.3 Å². The Kier molecular flexibility index (Phi) is 26.3. The van der Waals surface area contributed by atoms with Gasteiger partial charge in [-0.15, -0.1) is 0 Å². The number of carboxylic acids is 1. The summed E-state index contributed by atoms with van der Waals surface area (Å²) in [6, 6.07) is 0. The predicted octanol–water partition coefficient (Wildman–Crippen LogP) is 12.9. The summed E-state index contributed by atoms with van der Waals surface area (Å²) < 4.78 is 0. The van der Waals surface area contributed by atoms with Crippen LogP contribution in [0.5, 0.6) is 0 Å². The van der Waals surface area contributed by atoms with Crippen LogP contribution in [0.4, 0.5) is 0 Å². The van der Waals surface area contributed by atoms with Gasteiger partial charge in [-0.2, -0.15) is 0 Å². The van der Waals surface area contributed by atoms with E-state index < -0.39 is 11.4 Å². The molecule has 1 N–H and O–H groups in total. The van der Waals surface area contributed by atoms with E-state index in [4.69, 9.17) is 0 Å². The summed E-state index contributed by atoms with van der Waals surface area (Å²) in [5.74, 6) is -0.0807. The molecule has 0 fully saturated rings. The fourth-order valence-corrected chi connectivity index (χ4v) is 6.65. The Morgan fingerprint density at radius 3 is 1.08 bits per heavy atom. The van der Waals surface area contributed by atoms with Gasteiger partial charge < -0.3 is 5.11 Å². The highest BCUT2D eigenvalue weighted by Crippen LogP contribution is 2.43. The minimum Gasteiger partial charge on any atom is -0.481 e. The average molecular weight is 537 g/mol. The zero-order valence-corrected chi connectivity index (χ0v) is 27.1. The SMILES string of the molecule is CCCCCCCCCCCCCCCC(C)C(CCCCCCCCCCCCCC)(C(=O)O)C(C)C. The molecule has 0 bridgehead atoms. The molecule has 0 aromatic carbocycles. The number of aliphatic carboxylic acids is 1. The highest BCUT2D eigenvalue weighted by atomic mass is 16.4. The number of hydrogen-bond acceptors (Lipinski definition) is 1. The van der Waals surface area contributed by atoms with Gasteiger partial charge in [0.05, 0.1) is 5.41 Å². The van der Waals surface area contributed by atoms with Crippen LogP contribution >= 0.6 is 0 Å². The standard InChI is InChI=1S/C36H72O2/c1-6-8-10-12-14-16-18-20-21-23-25-27-29-31-34(5)36(33(3)4,35(37)38)32-30-28-26-24-22-19-17-15-13-11-9-7-2/h33-34H,6-32H2,1-5H3,(H,37,38). The first-order valence-electron chi connectivity index (χ1n) is 17.7. The minimum absolute atomic E-state index is 0.199. The number of carboxylic acid groups (broad SMARTS) is 1. The first kappa shape index (κ1) is 37.5. The molecule has 0 aliphatic heterocycles. The summed E-state index contributed by atoms with van der Waals surface area (Å²) in [4.78, 5) is 12.6. The monoisotopic (exact) mass is 537 g/mol. The van der Waals surface area contributed by atoms with Crippen LogP contribution < -0.4 is 0 Å². The molecule has 38 heavy (non-hydrogen) atoms. The Morgan fingerprint density at radius 1 is 0.500 bits per heavy atom. The molecule has 0 aromatic rings. The van der Waals surface area contributed by atoms with Gasteiger partial charge in [-0.25, -0.2) is 0 Å². The van der Waals surface area contributed by atoms with Crippen molar-refractivity contribution < 1.29 is 9.90 Å². The van der Waals surface area contributed by atoms with E-state index in [1.807, 2.05) is 0 Å². The van der Waals surface area contributed by atoms with Crippen LogP contribution in [0.15, 0.2) is 0 Å². The van der Waals surface area contributed by atoms with Gasteiger partial charge in [0.1, 0.15) is 0 Å². The molecule has 0 aliphatic carbocycles. The third-order valence-electron chi connectivity index (χ3n) is 9.49. The van der Waals surface area contributed by atoms with Gasteiger partial charge in [-0.05, 0) is 24.7 Å². The predicted molar refractivity (Wildman–Crippen MR) is 170 cm³/mol. The van der Waals surface area contributed by atoms with Gasteiger partial charge in [-0.3, -0.25) is 4.79 Å². The molecular weight excluding hydrogens is 464 g/mol. The smallest absolute Gasteiger partial charge is 0.310 e. The van der Waals surface area contributed by atoms with E-state index in [1.165, 1.54) is 154 Å². The maximum Gasteiger partial charge on any atom is 0.310 e. The molecule has 0 saturated heterocycles. The Labute approximate surface area is 240 Å². The van der Waals surface area contributed by atoms with Crippen LogP contribution in [0, 0.1) is 17.3 Å². The summed E-state index contributed by atoms with van der Waals surface area (Å²) in [6.45, 7) is 11.1. The fraction of sp³-hybridized carbons (Fsp3) is 0.972. The first-order chi connectivity index (χ1) is 18.4. The van der Waals surface area contributed by atoms with Crippen LogP contribution in [-0.4, -0.2) is 11.1 Å². The number of unbranched alkanes of at least 4 members (excludes halogenated alkanes) is 23. The zero-order chi connectivity index (χ0) is 28.3. The van der Waals surface area contributed by atoms with Gasteiger partial charge in [0.2, 0.25) is 0 Å². The zero-order valence-electron chi connectivity index (χ0n) is 27.1. The van der Waals surface area contributed by atoms with Crippen molar-refractivity contribution in [2.75, 3.05) is 0 Å². The van der Waals surface area contributed by atoms with Crippen molar-refractivity contribution in [3.63, 3.8) is 0 Å². The molecule has 0 saturated carbocycles. The van der Waals surface area contributed by atoms with Gasteiger partial charge in [0.25, 0.3) is 0 Å². The lowest BCUT2D eigenvalue weighted by molar-refractivity contribution is -0.157. The van der Waals surface area contributed by atoms with Crippen molar-refractivity contribution >= 4 is 5.97 Å². The van der Waals surface area contributed by atoms with Crippen molar-refractivity contribution in [2.45, 2.75) is 208 Å². The molecule has 2 heteroatoms. The van der Waals surface area contributed by atoms with Crippen LogP contribution in [0.25, 0.3) is 0 Å². The second-order valence-corrected chi connectivity index (χ2v) is 13.1. The van der Waals surface area contributed by atoms with E-state index in [0.29, 0.717) is 0 Å². The average Bonchev–Trinajstić information content (AvgIpc) is 2.89. The molecule has 0 rings (SSSR count). The van der Waals surface area contributed by atoms with Crippen molar-refractivity contribution in [3.05, 3.63) is 0 Å². The van der Waals surface area contributed by atoms with E-state index in [2.05, 4.69) is 34.6 Å². The molecule has 2 unspecified atom stereocenters. The molecule has 0 radical (unpaired) electrons. The lowest BCUT2D eigenvalue weighted by atomic mass is 9.64. The van der Waals surface area contributed by atoms with Crippen molar-refractivity contribution in [3.8, 4) is 0 Å². The van der Waals surface area contributed by atoms with Gasteiger partial charge >= 0.3 is 5.97 Å². The molecule has 2 nitrogen and oxygen atoms in total. The van der Waals surface area contributed by atoms with E-state index >= 15 is 0 Å². The third-order valence-corrected chi connectivity index (χ3v) is 9.49. The van der Waals surface area contributed by atoms with Gasteiger partial charge in [-0.1, -0.05) is 195 Å². The molecule has 0 amide bonds. The molecular formula is C36H72O2. The lowest BCUT2D eigenvalue weighted by Crippen LogP contribution is -2.42. The molecule has 0 heterocycles.